The fraction of sp³-hybridized carbons (Fsp3) is 1.00. The van der Waals surface area contributed by atoms with Crippen molar-refractivity contribution in [1.29, 1.82) is 0 Å². The molecule has 224 valence electrons. The minimum Gasteiger partial charge on any atom is -0.394 e. The van der Waals surface area contributed by atoms with E-state index in [4.69, 9.17) is 33.5 Å². The van der Waals surface area contributed by atoms with E-state index in [1.165, 1.54) is 0 Å². The predicted molar refractivity (Wildman–Crippen MR) is 112 cm³/mol. The van der Waals surface area contributed by atoms with E-state index in [2.05, 4.69) is 4.52 Å². The lowest BCUT2D eigenvalue weighted by Crippen LogP contribution is -2.66. The van der Waals surface area contributed by atoms with Gasteiger partial charge in [-0.25, -0.2) is 4.57 Å². The second kappa shape index (κ2) is 13.0. The summed E-state index contributed by atoms with van der Waals surface area (Å²) in [5.41, 5.74) is 0. The van der Waals surface area contributed by atoms with Crippen molar-refractivity contribution in [3.8, 4) is 0 Å². The van der Waals surface area contributed by atoms with Crippen molar-refractivity contribution in [3.63, 3.8) is 0 Å². The van der Waals surface area contributed by atoms with Crippen LogP contribution in [0.1, 0.15) is 0 Å². The second-order valence-corrected chi connectivity index (χ2v) is 10.1. The Kier molecular flexibility index (Phi) is 11.0. The predicted octanol–water partition coefficient (Wildman–Crippen LogP) is -7.46. The van der Waals surface area contributed by atoms with Crippen LogP contribution in [0.3, 0.4) is 0 Å². The van der Waals surface area contributed by atoms with Gasteiger partial charge in [0, 0.05) is 0 Å². The van der Waals surface area contributed by atoms with Gasteiger partial charge in [-0.15, -0.1) is 0 Å². The largest absolute Gasteiger partial charge is 0.472 e. The number of aliphatic hydroxyl groups excluding tert-OH is 10. The Morgan fingerprint density at radius 2 is 0.974 bits per heavy atom. The van der Waals surface area contributed by atoms with E-state index in [-0.39, 0.29) is 0 Å². The van der Waals surface area contributed by atoms with Crippen molar-refractivity contribution >= 4 is 7.82 Å². The highest BCUT2D eigenvalue weighted by Gasteiger charge is 2.54. The lowest BCUT2D eigenvalue weighted by Gasteiger charge is -2.48. The van der Waals surface area contributed by atoms with Crippen molar-refractivity contribution < 1.29 is 93.6 Å². The maximum Gasteiger partial charge on any atom is 0.472 e. The van der Waals surface area contributed by atoms with Crippen LogP contribution in [0.5, 0.6) is 0 Å². The maximum absolute atomic E-state index is 11.1. The number of aliphatic hydroxyl groups is 10. The number of phosphoric acid groups is 1. The molecular formula is C18H33O19P. The average molecular weight is 584 g/mol. The fourth-order valence-corrected chi connectivity index (χ4v) is 4.70. The Bertz CT molecular complexity index is 796. The highest BCUT2D eigenvalue weighted by atomic mass is 31.2. The van der Waals surface area contributed by atoms with Gasteiger partial charge in [0.1, 0.15) is 73.2 Å². The summed E-state index contributed by atoms with van der Waals surface area (Å²) in [5, 5.41) is 101. The first kappa shape index (κ1) is 32.0. The lowest BCUT2D eigenvalue weighted by molar-refractivity contribution is -0.378. The van der Waals surface area contributed by atoms with E-state index in [9.17, 15) is 55.6 Å². The molecule has 15 unspecified atom stereocenters. The van der Waals surface area contributed by atoms with Gasteiger partial charge in [-0.05, 0) is 0 Å². The van der Waals surface area contributed by atoms with Gasteiger partial charge in [0.15, 0.2) is 18.9 Å². The number of phosphoric ester groups is 1. The molecule has 0 aromatic rings. The molecule has 3 rings (SSSR count). The lowest BCUT2D eigenvalue weighted by atomic mass is 9.96. The number of ether oxygens (including phenoxy) is 5. The monoisotopic (exact) mass is 584 g/mol. The molecule has 15 atom stereocenters. The molecule has 3 heterocycles. The van der Waals surface area contributed by atoms with E-state index in [0.717, 1.165) is 0 Å². The zero-order valence-electron chi connectivity index (χ0n) is 19.5. The summed E-state index contributed by atoms with van der Waals surface area (Å²) >= 11 is 0. The number of hydrogen-bond donors (Lipinski definition) is 12. The van der Waals surface area contributed by atoms with Crippen LogP contribution in [-0.2, 0) is 32.8 Å². The van der Waals surface area contributed by atoms with Crippen LogP contribution in [0.2, 0.25) is 0 Å². The zero-order valence-corrected chi connectivity index (χ0v) is 20.3. The molecular weight excluding hydrogens is 551 g/mol. The Morgan fingerprint density at radius 3 is 1.50 bits per heavy atom. The van der Waals surface area contributed by atoms with E-state index in [0.29, 0.717) is 0 Å². The molecule has 0 aromatic heterocycles. The summed E-state index contributed by atoms with van der Waals surface area (Å²) in [5.74, 6) is 0. The van der Waals surface area contributed by atoms with E-state index in [1.54, 1.807) is 0 Å². The molecule has 19 nitrogen and oxygen atoms in total. The van der Waals surface area contributed by atoms with Gasteiger partial charge >= 0.3 is 7.82 Å². The van der Waals surface area contributed by atoms with Gasteiger partial charge in [-0.3, -0.25) is 4.52 Å². The summed E-state index contributed by atoms with van der Waals surface area (Å²) in [4.78, 5) is 17.9. The Morgan fingerprint density at radius 1 is 0.526 bits per heavy atom. The van der Waals surface area contributed by atoms with Crippen LogP contribution in [-0.4, -0.2) is 173 Å². The molecule has 0 amide bonds. The smallest absolute Gasteiger partial charge is 0.394 e. The van der Waals surface area contributed by atoms with E-state index >= 15 is 0 Å². The third-order valence-corrected chi connectivity index (χ3v) is 6.80. The number of rotatable bonds is 9. The topological polar surface area (TPSA) is 315 Å². The van der Waals surface area contributed by atoms with Gasteiger partial charge in [0.2, 0.25) is 0 Å². The number of hydrogen-bond acceptors (Lipinski definition) is 17. The summed E-state index contributed by atoms with van der Waals surface area (Å²) in [7, 11) is -5.20. The van der Waals surface area contributed by atoms with Crippen LogP contribution in [0.15, 0.2) is 0 Å². The molecule has 0 aromatic carbocycles. The molecule has 20 heteroatoms. The minimum atomic E-state index is -5.20. The fourth-order valence-electron chi connectivity index (χ4n) is 4.26. The minimum absolute atomic E-state index is 0.800. The third-order valence-electron chi connectivity index (χ3n) is 6.31. The molecule has 0 aliphatic carbocycles. The molecule has 12 N–H and O–H groups in total. The molecule has 0 bridgehead atoms. The van der Waals surface area contributed by atoms with Gasteiger partial charge in [-0.1, -0.05) is 0 Å². The van der Waals surface area contributed by atoms with Crippen molar-refractivity contribution in [1.82, 2.24) is 0 Å². The SMILES string of the molecule is O=P(O)(O)OC1OC(CO)C(OC2OC(CO)C(O)C(OC3OC(CO)C(O)C(O)C3O)C2O)C(O)C1O. The average Bonchev–Trinajstić information content (AvgIpc) is 2.86. The zero-order chi connectivity index (χ0) is 28.5. The summed E-state index contributed by atoms with van der Waals surface area (Å²) in [6.45, 7) is -2.63. The van der Waals surface area contributed by atoms with Crippen molar-refractivity contribution in [2.45, 2.75) is 92.1 Å². The van der Waals surface area contributed by atoms with Gasteiger partial charge in [-0.2, -0.15) is 0 Å². The Hall–Kier alpha value is -0.490. The first-order chi connectivity index (χ1) is 17.7. The van der Waals surface area contributed by atoms with Crippen molar-refractivity contribution in [2.24, 2.45) is 0 Å². The quantitative estimate of drug-likeness (QED) is 0.112. The summed E-state index contributed by atoms with van der Waals surface area (Å²) < 4.78 is 41.8. The Labute approximate surface area is 214 Å². The molecule has 3 saturated heterocycles. The van der Waals surface area contributed by atoms with Crippen molar-refractivity contribution in [3.05, 3.63) is 0 Å². The molecule has 3 aliphatic heterocycles. The summed E-state index contributed by atoms with van der Waals surface area (Å²) in [6.07, 6.45) is -27.4. The summed E-state index contributed by atoms with van der Waals surface area (Å²) in [6, 6.07) is 0. The van der Waals surface area contributed by atoms with Crippen LogP contribution in [0.25, 0.3) is 0 Å². The van der Waals surface area contributed by atoms with Crippen molar-refractivity contribution in [2.75, 3.05) is 19.8 Å². The third kappa shape index (κ3) is 6.86. The molecule has 3 aliphatic rings. The molecule has 0 spiro atoms. The second-order valence-electron chi connectivity index (χ2n) is 8.91. The highest BCUT2D eigenvalue weighted by molar-refractivity contribution is 7.46. The molecule has 0 radical (unpaired) electrons. The molecule has 3 fully saturated rings. The van der Waals surface area contributed by atoms with Crippen LogP contribution in [0, 0.1) is 0 Å². The molecule has 0 saturated carbocycles. The van der Waals surface area contributed by atoms with E-state index < -0.39 is 120 Å². The van der Waals surface area contributed by atoms with E-state index in [1.807, 2.05) is 0 Å². The first-order valence-electron chi connectivity index (χ1n) is 11.3. The van der Waals surface area contributed by atoms with Crippen LogP contribution < -0.4 is 0 Å². The first-order valence-corrected chi connectivity index (χ1v) is 12.9. The maximum atomic E-state index is 11.1. The van der Waals surface area contributed by atoms with Crippen LogP contribution >= 0.6 is 7.82 Å². The van der Waals surface area contributed by atoms with Gasteiger partial charge < -0.3 is 84.5 Å². The normalized spacial score (nSPS) is 48.7. The van der Waals surface area contributed by atoms with Crippen LogP contribution in [0.4, 0.5) is 0 Å². The van der Waals surface area contributed by atoms with Gasteiger partial charge in [0.05, 0.1) is 19.8 Å². The standard InChI is InChI=1S/C18H33O19P/c19-1-4-7(22)9(24)11(26)16(32-4)36-15-8(23)5(2-20)33-17(13(15)28)35-14-6(3-21)34-18(12(27)10(14)25)37-38(29,30)31/h4-28H,1-3H2,(H2,29,30,31). The molecule has 38 heavy (non-hydrogen) atoms. The van der Waals surface area contributed by atoms with Gasteiger partial charge in [0.25, 0.3) is 0 Å². The highest BCUT2D eigenvalue weighted by Crippen LogP contribution is 2.41. The Balaban J connectivity index is 1.78.